The number of hydrogen-bond acceptors (Lipinski definition) is 4. The summed E-state index contributed by atoms with van der Waals surface area (Å²) in [6, 6.07) is 8.97. The van der Waals surface area contributed by atoms with Crippen LogP contribution < -0.4 is 5.32 Å². The smallest absolute Gasteiger partial charge is 0.257 e. The van der Waals surface area contributed by atoms with Gasteiger partial charge in [-0.25, -0.2) is 4.39 Å². The first-order valence-corrected chi connectivity index (χ1v) is 7.49. The molecule has 24 heavy (non-hydrogen) atoms. The quantitative estimate of drug-likeness (QED) is 0.764. The first-order valence-electron chi connectivity index (χ1n) is 7.12. The molecular formula is C17H13ClFN3O2. The van der Waals surface area contributed by atoms with Gasteiger partial charge in [-0.15, -0.1) is 0 Å². The van der Waals surface area contributed by atoms with Gasteiger partial charge in [-0.1, -0.05) is 16.8 Å². The predicted molar refractivity (Wildman–Crippen MR) is 88.6 cm³/mol. The average Bonchev–Trinajstić information content (AvgIpc) is 2.95. The molecule has 0 atom stereocenters. The third-order valence-electron chi connectivity index (χ3n) is 3.42. The lowest BCUT2D eigenvalue weighted by molar-refractivity contribution is 0.102. The van der Waals surface area contributed by atoms with E-state index < -0.39 is 11.7 Å². The number of anilines is 1. The zero-order chi connectivity index (χ0) is 17.3. The minimum atomic E-state index is -0.494. The fourth-order valence-corrected chi connectivity index (χ4v) is 2.47. The molecule has 0 aliphatic rings. The Bertz CT molecular complexity index is 924. The standard InChI is InChI=1S/C17H13ClFN3O2/c1-9-7-11(17-20-10(2)22-24-17)3-6-15(9)21-16(23)13-5-4-12(19)8-14(13)18/h3-8H,1-2H3,(H,21,23). The van der Waals surface area contributed by atoms with Crippen LogP contribution in [-0.4, -0.2) is 16.0 Å². The molecule has 7 heteroatoms. The summed E-state index contributed by atoms with van der Waals surface area (Å²) < 4.78 is 18.2. The van der Waals surface area contributed by atoms with Gasteiger partial charge >= 0.3 is 0 Å². The largest absolute Gasteiger partial charge is 0.334 e. The maximum Gasteiger partial charge on any atom is 0.257 e. The number of nitrogens with zero attached hydrogens (tertiary/aromatic N) is 2. The minimum Gasteiger partial charge on any atom is -0.334 e. The van der Waals surface area contributed by atoms with Crippen molar-refractivity contribution in [2.24, 2.45) is 0 Å². The molecule has 3 rings (SSSR count). The number of halogens is 2. The summed E-state index contributed by atoms with van der Waals surface area (Å²) >= 11 is 5.91. The zero-order valence-electron chi connectivity index (χ0n) is 12.9. The highest BCUT2D eigenvalue weighted by molar-refractivity contribution is 6.34. The Hall–Kier alpha value is -2.73. The van der Waals surface area contributed by atoms with Crippen molar-refractivity contribution in [1.82, 2.24) is 10.1 Å². The Kier molecular flexibility index (Phi) is 4.31. The lowest BCUT2D eigenvalue weighted by atomic mass is 10.1. The first-order chi connectivity index (χ1) is 11.4. The van der Waals surface area contributed by atoms with Gasteiger partial charge in [0.05, 0.1) is 10.6 Å². The fourth-order valence-electron chi connectivity index (χ4n) is 2.21. The second kappa shape index (κ2) is 6.41. The normalized spacial score (nSPS) is 10.7. The third kappa shape index (κ3) is 3.28. The van der Waals surface area contributed by atoms with E-state index in [4.69, 9.17) is 16.1 Å². The van der Waals surface area contributed by atoms with Gasteiger partial charge in [-0.05, 0) is 55.8 Å². The molecular weight excluding hydrogens is 333 g/mol. The molecule has 1 amide bonds. The Morgan fingerprint density at radius 3 is 2.62 bits per heavy atom. The van der Waals surface area contributed by atoms with E-state index in [0.29, 0.717) is 17.4 Å². The number of carbonyl (C=O) groups excluding carboxylic acids is 1. The topological polar surface area (TPSA) is 68.0 Å². The molecule has 0 aliphatic heterocycles. The maximum atomic E-state index is 13.1. The summed E-state index contributed by atoms with van der Waals surface area (Å²) in [5.74, 6) is 0.0532. The van der Waals surface area contributed by atoms with Crippen LogP contribution in [-0.2, 0) is 0 Å². The van der Waals surface area contributed by atoms with E-state index >= 15 is 0 Å². The molecule has 122 valence electrons. The van der Waals surface area contributed by atoms with Crippen LogP contribution in [0.2, 0.25) is 5.02 Å². The van der Waals surface area contributed by atoms with Crippen molar-refractivity contribution in [3.8, 4) is 11.5 Å². The van der Waals surface area contributed by atoms with Crippen molar-refractivity contribution in [3.05, 3.63) is 64.2 Å². The van der Waals surface area contributed by atoms with Crippen LogP contribution in [0.15, 0.2) is 40.9 Å². The molecule has 0 radical (unpaired) electrons. The fraction of sp³-hybridized carbons (Fsp3) is 0.118. The van der Waals surface area contributed by atoms with E-state index in [-0.39, 0.29) is 10.6 Å². The molecule has 0 spiro atoms. The van der Waals surface area contributed by atoms with Crippen molar-refractivity contribution in [2.45, 2.75) is 13.8 Å². The van der Waals surface area contributed by atoms with E-state index in [0.717, 1.165) is 17.2 Å². The number of carbonyl (C=O) groups is 1. The van der Waals surface area contributed by atoms with E-state index in [9.17, 15) is 9.18 Å². The highest BCUT2D eigenvalue weighted by Gasteiger charge is 2.14. The summed E-state index contributed by atoms with van der Waals surface area (Å²) in [4.78, 5) is 16.5. The molecule has 0 unspecified atom stereocenters. The van der Waals surface area contributed by atoms with Gasteiger partial charge in [-0.3, -0.25) is 4.79 Å². The predicted octanol–water partition coefficient (Wildman–Crippen LogP) is 4.40. The maximum absolute atomic E-state index is 13.1. The van der Waals surface area contributed by atoms with Crippen LogP contribution in [0.5, 0.6) is 0 Å². The summed E-state index contributed by atoms with van der Waals surface area (Å²) in [6.45, 7) is 3.58. The number of benzene rings is 2. The monoisotopic (exact) mass is 345 g/mol. The number of hydrogen-bond donors (Lipinski definition) is 1. The number of aryl methyl sites for hydroxylation is 2. The second-order valence-corrected chi connectivity index (χ2v) is 5.66. The van der Waals surface area contributed by atoms with E-state index in [2.05, 4.69) is 15.5 Å². The molecule has 1 aromatic heterocycles. The SMILES string of the molecule is Cc1noc(-c2ccc(NC(=O)c3ccc(F)cc3Cl)c(C)c2)n1. The van der Waals surface area contributed by atoms with Crippen molar-refractivity contribution < 1.29 is 13.7 Å². The Balaban J connectivity index is 1.84. The van der Waals surface area contributed by atoms with Crippen LogP contribution in [0.25, 0.3) is 11.5 Å². The highest BCUT2D eigenvalue weighted by Crippen LogP contribution is 2.25. The van der Waals surface area contributed by atoms with Crippen LogP contribution in [0.3, 0.4) is 0 Å². The summed E-state index contributed by atoms with van der Waals surface area (Å²) in [7, 11) is 0. The van der Waals surface area contributed by atoms with Crippen molar-refractivity contribution in [2.75, 3.05) is 5.32 Å². The Morgan fingerprint density at radius 2 is 2.00 bits per heavy atom. The third-order valence-corrected chi connectivity index (χ3v) is 3.74. The van der Waals surface area contributed by atoms with Gasteiger partial charge in [0, 0.05) is 11.3 Å². The zero-order valence-corrected chi connectivity index (χ0v) is 13.7. The molecule has 0 aliphatic carbocycles. The van der Waals surface area contributed by atoms with Gasteiger partial charge in [0.25, 0.3) is 11.8 Å². The second-order valence-electron chi connectivity index (χ2n) is 5.25. The molecule has 0 saturated carbocycles. The molecule has 3 aromatic rings. The number of aromatic nitrogens is 2. The summed E-state index contributed by atoms with van der Waals surface area (Å²) in [5.41, 5.74) is 2.38. The van der Waals surface area contributed by atoms with Gasteiger partial charge in [-0.2, -0.15) is 4.98 Å². The van der Waals surface area contributed by atoms with E-state index in [1.54, 1.807) is 19.1 Å². The number of rotatable bonds is 3. The average molecular weight is 346 g/mol. The van der Waals surface area contributed by atoms with Crippen LogP contribution in [0.1, 0.15) is 21.7 Å². The molecule has 0 saturated heterocycles. The van der Waals surface area contributed by atoms with Crippen LogP contribution in [0, 0.1) is 19.7 Å². The van der Waals surface area contributed by atoms with Crippen LogP contribution in [0.4, 0.5) is 10.1 Å². The first kappa shape index (κ1) is 16.1. The van der Waals surface area contributed by atoms with Gasteiger partial charge in [0.15, 0.2) is 5.82 Å². The Morgan fingerprint density at radius 1 is 1.21 bits per heavy atom. The van der Waals surface area contributed by atoms with Gasteiger partial charge < -0.3 is 9.84 Å². The lowest BCUT2D eigenvalue weighted by Gasteiger charge is -2.10. The van der Waals surface area contributed by atoms with Crippen LogP contribution >= 0.6 is 11.6 Å². The van der Waals surface area contributed by atoms with E-state index in [1.165, 1.54) is 12.1 Å². The van der Waals surface area contributed by atoms with Gasteiger partial charge in [0.2, 0.25) is 0 Å². The van der Waals surface area contributed by atoms with E-state index in [1.807, 2.05) is 13.0 Å². The summed E-state index contributed by atoms with van der Waals surface area (Å²) in [5, 5.41) is 6.57. The number of nitrogens with one attached hydrogen (secondary N) is 1. The summed E-state index contributed by atoms with van der Waals surface area (Å²) in [6.07, 6.45) is 0. The molecule has 0 fully saturated rings. The molecule has 5 nitrogen and oxygen atoms in total. The minimum absolute atomic E-state index is 0.0584. The lowest BCUT2D eigenvalue weighted by Crippen LogP contribution is -2.13. The molecule has 1 heterocycles. The van der Waals surface area contributed by atoms with Crippen molar-refractivity contribution >= 4 is 23.2 Å². The molecule has 0 bridgehead atoms. The highest BCUT2D eigenvalue weighted by atomic mass is 35.5. The Labute approximate surface area is 142 Å². The molecule has 2 aromatic carbocycles. The van der Waals surface area contributed by atoms with Crippen molar-refractivity contribution in [1.29, 1.82) is 0 Å². The number of amides is 1. The molecule has 1 N–H and O–H groups in total. The van der Waals surface area contributed by atoms with Crippen molar-refractivity contribution in [3.63, 3.8) is 0 Å². The van der Waals surface area contributed by atoms with Gasteiger partial charge in [0.1, 0.15) is 5.82 Å².